The normalized spacial score (nSPS) is 19.4. The summed E-state index contributed by atoms with van der Waals surface area (Å²) in [6.45, 7) is 6.26. The van der Waals surface area contributed by atoms with E-state index in [0.29, 0.717) is 24.1 Å². The summed E-state index contributed by atoms with van der Waals surface area (Å²) >= 11 is 5.85. The van der Waals surface area contributed by atoms with E-state index in [2.05, 4.69) is 9.71 Å². The molecule has 0 amide bonds. The van der Waals surface area contributed by atoms with Crippen LogP contribution in [0.15, 0.2) is 12.1 Å². The van der Waals surface area contributed by atoms with Gasteiger partial charge < -0.3 is 9.84 Å². The van der Waals surface area contributed by atoms with Gasteiger partial charge in [-0.3, -0.25) is 0 Å². The number of aliphatic hydroxyl groups is 1. The van der Waals surface area contributed by atoms with Crippen molar-refractivity contribution in [2.24, 2.45) is 0 Å². The Morgan fingerprint density at radius 2 is 2.15 bits per heavy atom. The van der Waals surface area contributed by atoms with E-state index in [-0.39, 0.29) is 11.4 Å². The average molecular weight is 319 g/mol. The Morgan fingerprint density at radius 1 is 1.50 bits per heavy atom. The van der Waals surface area contributed by atoms with Crippen molar-refractivity contribution in [1.82, 2.24) is 9.71 Å². The highest BCUT2D eigenvalue weighted by molar-refractivity contribution is 7.84. The number of nitrogens with zero attached hydrogens (tertiary/aromatic N) is 1. The maximum Gasteiger partial charge on any atom is 0.129 e. The maximum absolute atomic E-state index is 12.3. The fourth-order valence-electron chi connectivity index (χ4n) is 1.94. The molecule has 2 rings (SSSR count). The molecule has 0 aliphatic carbocycles. The van der Waals surface area contributed by atoms with Crippen LogP contribution >= 0.6 is 11.6 Å². The first-order chi connectivity index (χ1) is 9.28. The molecule has 2 N–H and O–H groups in total. The number of aliphatic hydroxyl groups excluding tert-OH is 1. The number of nitrogens with one attached hydrogen (secondary N) is 1. The van der Waals surface area contributed by atoms with Gasteiger partial charge in [0.05, 0.1) is 41.2 Å². The summed E-state index contributed by atoms with van der Waals surface area (Å²) in [6, 6.07) is 3.47. The Bertz CT molecular complexity index is 527. The van der Waals surface area contributed by atoms with Crippen LogP contribution in [0.25, 0.3) is 0 Å². The molecule has 112 valence electrons. The van der Waals surface area contributed by atoms with Gasteiger partial charge in [-0.05, 0) is 26.8 Å². The lowest BCUT2D eigenvalue weighted by Gasteiger charge is -2.43. The third kappa shape index (κ3) is 3.04. The number of rotatable bonds is 4. The van der Waals surface area contributed by atoms with Crippen LogP contribution in [0.2, 0.25) is 5.15 Å². The quantitative estimate of drug-likeness (QED) is 0.825. The Labute approximate surface area is 126 Å². The van der Waals surface area contributed by atoms with Crippen molar-refractivity contribution >= 4 is 22.6 Å². The van der Waals surface area contributed by atoms with Crippen LogP contribution in [0.4, 0.5) is 0 Å². The van der Waals surface area contributed by atoms with Crippen LogP contribution in [0.1, 0.15) is 32.0 Å². The van der Waals surface area contributed by atoms with Crippen molar-refractivity contribution in [3.63, 3.8) is 0 Å². The summed E-state index contributed by atoms with van der Waals surface area (Å²) in [5.74, 6) is 0. The number of hydrogen-bond donors (Lipinski definition) is 2. The lowest BCUT2D eigenvalue weighted by atomic mass is 9.88. The van der Waals surface area contributed by atoms with Gasteiger partial charge in [0.2, 0.25) is 0 Å². The second-order valence-electron chi connectivity index (χ2n) is 5.84. The molecule has 1 fully saturated rings. The van der Waals surface area contributed by atoms with Gasteiger partial charge in [0, 0.05) is 5.56 Å². The largest absolute Gasteiger partial charge is 0.390 e. The Balaban J connectivity index is 2.34. The molecule has 1 saturated heterocycles. The summed E-state index contributed by atoms with van der Waals surface area (Å²) in [5, 5.41) is 9.78. The van der Waals surface area contributed by atoms with Gasteiger partial charge in [-0.2, -0.15) is 0 Å². The molecule has 1 aliphatic rings. The summed E-state index contributed by atoms with van der Waals surface area (Å²) in [4.78, 5) is 4.13. The summed E-state index contributed by atoms with van der Waals surface area (Å²) in [6.07, 6.45) is 0. The van der Waals surface area contributed by atoms with Gasteiger partial charge in [0.25, 0.3) is 0 Å². The van der Waals surface area contributed by atoms with Gasteiger partial charge in [-0.1, -0.05) is 17.7 Å². The van der Waals surface area contributed by atoms with Gasteiger partial charge in [0.1, 0.15) is 10.7 Å². The standard InChI is InChI=1S/C13H19ClN2O3S/c1-12(2,3)20(18)16-13(7-19-8-13)9-4-5-11(14)15-10(9)6-17/h4-5,16-17H,6-8H2,1-3H3. The molecule has 7 heteroatoms. The Kier molecular flexibility index (Phi) is 4.51. The molecule has 5 nitrogen and oxygen atoms in total. The molecule has 0 spiro atoms. The molecule has 20 heavy (non-hydrogen) atoms. The zero-order valence-electron chi connectivity index (χ0n) is 11.8. The molecule has 1 unspecified atom stereocenters. The van der Waals surface area contributed by atoms with Crippen molar-refractivity contribution in [2.45, 2.75) is 37.7 Å². The SMILES string of the molecule is CC(C)(C)S(=O)NC1(c2ccc(Cl)nc2CO)COC1. The topological polar surface area (TPSA) is 71.5 Å². The number of pyridine rings is 1. The van der Waals surface area contributed by atoms with Crippen molar-refractivity contribution in [3.05, 3.63) is 28.5 Å². The minimum Gasteiger partial charge on any atom is -0.390 e. The number of hydrogen-bond acceptors (Lipinski definition) is 4. The highest BCUT2D eigenvalue weighted by Crippen LogP contribution is 2.33. The van der Waals surface area contributed by atoms with Crippen molar-refractivity contribution < 1.29 is 14.1 Å². The van der Waals surface area contributed by atoms with Crippen molar-refractivity contribution in [1.29, 1.82) is 0 Å². The van der Waals surface area contributed by atoms with E-state index >= 15 is 0 Å². The fourth-order valence-corrected chi connectivity index (χ4v) is 2.99. The minimum absolute atomic E-state index is 0.221. The highest BCUT2D eigenvalue weighted by atomic mass is 35.5. The smallest absolute Gasteiger partial charge is 0.129 e. The van der Waals surface area contributed by atoms with Crippen LogP contribution in [0, 0.1) is 0 Å². The van der Waals surface area contributed by atoms with E-state index in [4.69, 9.17) is 16.3 Å². The van der Waals surface area contributed by atoms with E-state index in [9.17, 15) is 9.32 Å². The molecule has 1 atom stereocenters. The van der Waals surface area contributed by atoms with Crippen LogP contribution in [0.5, 0.6) is 0 Å². The maximum atomic E-state index is 12.3. The first kappa shape index (κ1) is 15.9. The molecule has 0 radical (unpaired) electrons. The predicted molar refractivity (Wildman–Crippen MR) is 78.7 cm³/mol. The highest BCUT2D eigenvalue weighted by Gasteiger charge is 2.45. The second-order valence-corrected chi connectivity index (χ2v) is 8.20. The van der Waals surface area contributed by atoms with Gasteiger partial charge in [0.15, 0.2) is 0 Å². The first-order valence-corrected chi connectivity index (χ1v) is 7.85. The zero-order valence-corrected chi connectivity index (χ0v) is 13.3. The number of halogens is 1. The minimum atomic E-state index is -1.24. The third-order valence-corrected chi connectivity index (χ3v) is 5.05. The molecule has 1 aromatic heterocycles. The fraction of sp³-hybridized carbons (Fsp3) is 0.615. The van der Waals surface area contributed by atoms with Crippen molar-refractivity contribution in [2.75, 3.05) is 13.2 Å². The molecule has 0 aromatic carbocycles. The first-order valence-electron chi connectivity index (χ1n) is 6.33. The lowest BCUT2D eigenvalue weighted by Crippen LogP contribution is -2.60. The van der Waals surface area contributed by atoms with Gasteiger partial charge in [-0.25, -0.2) is 13.9 Å². The molecular formula is C13H19ClN2O3S. The van der Waals surface area contributed by atoms with Gasteiger partial charge >= 0.3 is 0 Å². The lowest BCUT2D eigenvalue weighted by molar-refractivity contribution is -0.0669. The summed E-state index contributed by atoms with van der Waals surface area (Å²) in [7, 11) is -1.24. The molecule has 2 heterocycles. The van der Waals surface area contributed by atoms with E-state index in [1.807, 2.05) is 20.8 Å². The van der Waals surface area contributed by atoms with Crippen LogP contribution in [0.3, 0.4) is 0 Å². The molecule has 1 aliphatic heterocycles. The average Bonchev–Trinajstić information content (AvgIpc) is 2.32. The third-order valence-electron chi connectivity index (χ3n) is 3.15. The Morgan fingerprint density at radius 3 is 2.60 bits per heavy atom. The summed E-state index contributed by atoms with van der Waals surface area (Å²) in [5.41, 5.74) is 0.695. The van der Waals surface area contributed by atoms with Crippen LogP contribution < -0.4 is 4.72 Å². The molecule has 1 aromatic rings. The Hall–Kier alpha value is -0.530. The van der Waals surface area contributed by atoms with E-state index in [1.54, 1.807) is 12.1 Å². The van der Waals surface area contributed by atoms with Crippen LogP contribution in [-0.2, 0) is 27.9 Å². The van der Waals surface area contributed by atoms with E-state index in [0.717, 1.165) is 5.56 Å². The zero-order chi connectivity index (χ0) is 15.0. The summed E-state index contributed by atoms with van der Waals surface area (Å²) < 4.78 is 20.4. The number of aromatic nitrogens is 1. The number of ether oxygens (including phenoxy) is 1. The second kappa shape index (κ2) is 5.69. The molecule has 0 bridgehead atoms. The molecular weight excluding hydrogens is 300 g/mol. The van der Waals surface area contributed by atoms with E-state index in [1.165, 1.54) is 0 Å². The van der Waals surface area contributed by atoms with E-state index < -0.39 is 16.5 Å². The predicted octanol–water partition coefficient (Wildman–Crippen LogP) is 1.50. The monoisotopic (exact) mass is 318 g/mol. The molecule has 0 saturated carbocycles. The van der Waals surface area contributed by atoms with Gasteiger partial charge in [-0.15, -0.1) is 0 Å². The van der Waals surface area contributed by atoms with Crippen molar-refractivity contribution in [3.8, 4) is 0 Å². The van der Waals surface area contributed by atoms with Crippen LogP contribution in [-0.4, -0.2) is 32.3 Å².